The fraction of sp³-hybridized carbons (Fsp3) is 0.188. The number of thioether (sulfide) groups is 1. The SMILES string of the molecule is COc1ccc(/C=N\NC(=O)[C@@H]2C[C@@H]2c2ccccc2)cc1CSc1nc(C(F)(F)F)cc(-c2ccccc2)c1C#N. The van der Waals surface area contributed by atoms with Crippen LogP contribution in [0.1, 0.15) is 40.3 Å². The number of halogens is 3. The number of pyridine rings is 1. The molecule has 0 bridgehead atoms. The zero-order valence-corrected chi connectivity index (χ0v) is 23.2. The molecule has 0 saturated heterocycles. The second-order valence-electron chi connectivity index (χ2n) is 9.66. The van der Waals surface area contributed by atoms with E-state index in [1.165, 1.54) is 13.3 Å². The maximum Gasteiger partial charge on any atom is 0.433 e. The molecule has 5 rings (SSSR count). The van der Waals surface area contributed by atoms with Gasteiger partial charge in [-0.1, -0.05) is 60.7 Å². The number of benzene rings is 3. The lowest BCUT2D eigenvalue weighted by molar-refractivity contribution is -0.141. The van der Waals surface area contributed by atoms with Crippen molar-refractivity contribution in [2.45, 2.75) is 29.3 Å². The van der Waals surface area contributed by atoms with Crippen LogP contribution in [-0.4, -0.2) is 24.2 Å². The van der Waals surface area contributed by atoms with Crippen LogP contribution in [0, 0.1) is 17.2 Å². The zero-order chi connectivity index (χ0) is 29.7. The highest BCUT2D eigenvalue weighted by molar-refractivity contribution is 7.98. The number of hydrogen-bond acceptors (Lipinski definition) is 6. The maximum atomic E-state index is 13.8. The number of methoxy groups -OCH3 is 1. The number of ether oxygens (including phenoxy) is 1. The standard InChI is InChI=1S/C32H25F3N4O2S/c1-41-28-13-12-20(18-37-39-30(40)26-15-24(26)21-8-4-2-5-9-21)14-23(28)19-42-31-27(17-36)25(22-10-6-3-7-11-22)16-29(38-31)32(33,34)35/h2-14,16,18,24,26H,15,19H2,1H3,(H,39,40)/b37-18-/t24-,26-/m1/s1. The Morgan fingerprint density at radius 2 is 1.83 bits per heavy atom. The lowest BCUT2D eigenvalue weighted by Gasteiger charge is -2.15. The van der Waals surface area contributed by atoms with E-state index in [9.17, 15) is 23.2 Å². The molecule has 0 spiro atoms. The van der Waals surface area contributed by atoms with E-state index in [4.69, 9.17) is 4.74 Å². The molecule has 1 aliphatic rings. The fourth-order valence-electron chi connectivity index (χ4n) is 4.67. The zero-order valence-electron chi connectivity index (χ0n) is 22.4. The number of nitriles is 1. The topological polar surface area (TPSA) is 87.4 Å². The molecular weight excluding hydrogens is 561 g/mol. The molecule has 1 aliphatic carbocycles. The van der Waals surface area contributed by atoms with Gasteiger partial charge in [0.25, 0.3) is 0 Å². The monoisotopic (exact) mass is 586 g/mol. The third-order valence-corrected chi connectivity index (χ3v) is 7.91. The third kappa shape index (κ3) is 6.64. The molecule has 42 heavy (non-hydrogen) atoms. The van der Waals surface area contributed by atoms with Crippen molar-refractivity contribution in [3.63, 3.8) is 0 Å². The first-order chi connectivity index (χ1) is 20.3. The molecule has 2 atom stereocenters. The second kappa shape index (κ2) is 12.5. The fourth-order valence-corrected chi connectivity index (χ4v) is 5.65. The molecule has 1 N–H and O–H groups in total. The van der Waals surface area contributed by atoms with Crippen LogP contribution < -0.4 is 10.2 Å². The van der Waals surface area contributed by atoms with Gasteiger partial charge in [0.1, 0.15) is 22.5 Å². The predicted molar refractivity (Wildman–Crippen MR) is 155 cm³/mol. The second-order valence-corrected chi connectivity index (χ2v) is 10.6. The Morgan fingerprint density at radius 1 is 1.12 bits per heavy atom. The predicted octanol–water partition coefficient (Wildman–Crippen LogP) is 7.19. The Kier molecular flexibility index (Phi) is 8.59. The number of carbonyl (C=O) groups is 1. The molecule has 1 fully saturated rings. The van der Waals surface area contributed by atoms with E-state index in [1.54, 1.807) is 48.5 Å². The number of hydrogen-bond donors (Lipinski definition) is 1. The summed E-state index contributed by atoms with van der Waals surface area (Å²) in [5, 5.41) is 14.0. The van der Waals surface area contributed by atoms with Gasteiger partial charge in [-0.25, -0.2) is 10.4 Å². The van der Waals surface area contributed by atoms with Crippen LogP contribution in [0.4, 0.5) is 13.2 Å². The molecule has 0 radical (unpaired) electrons. The number of amides is 1. The lowest BCUT2D eigenvalue weighted by Crippen LogP contribution is -2.20. The molecule has 4 aromatic rings. The number of aromatic nitrogens is 1. The largest absolute Gasteiger partial charge is 0.496 e. The van der Waals surface area contributed by atoms with Crippen molar-refractivity contribution in [3.8, 4) is 22.9 Å². The number of nitrogens with zero attached hydrogens (tertiary/aromatic N) is 3. The van der Waals surface area contributed by atoms with E-state index in [0.29, 0.717) is 22.4 Å². The van der Waals surface area contributed by atoms with Gasteiger partial charge < -0.3 is 4.74 Å². The Hall–Kier alpha value is -4.62. The Morgan fingerprint density at radius 3 is 2.50 bits per heavy atom. The molecular formula is C32H25F3N4O2S. The van der Waals surface area contributed by atoms with Gasteiger partial charge in [0.2, 0.25) is 5.91 Å². The summed E-state index contributed by atoms with van der Waals surface area (Å²) in [4.78, 5) is 16.3. The highest BCUT2D eigenvalue weighted by Crippen LogP contribution is 2.47. The van der Waals surface area contributed by atoms with Crippen LogP contribution in [0.5, 0.6) is 5.75 Å². The normalized spacial score (nSPS) is 16.2. The first-order valence-electron chi connectivity index (χ1n) is 13.0. The molecule has 6 nitrogen and oxygen atoms in total. The molecule has 212 valence electrons. The van der Waals surface area contributed by atoms with E-state index in [1.807, 2.05) is 36.4 Å². The lowest BCUT2D eigenvalue weighted by atomic mass is 10.0. The molecule has 0 unspecified atom stereocenters. The van der Waals surface area contributed by atoms with E-state index in [2.05, 4.69) is 15.5 Å². The van der Waals surface area contributed by atoms with Gasteiger partial charge in [0.15, 0.2) is 0 Å². The summed E-state index contributed by atoms with van der Waals surface area (Å²) in [6, 6.07) is 26.5. The van der Waals surface area contributed by atoms with Gasteiger partial charge in [0, 0.05) is 22.8 Å². The molecule has 1 amide bonds. The van der Waals surface area contributed by atoms with Crippen LogP contribution in [0.15, 0.2) is 95.1 Å². The number of rotatable bonds is 9. The Bertz CT molecular complexity index is 1650. The summed E-state index contributed by atoms with van der Waals surface area (Å²) in [7, 11) is 1.49. The highest BCUT2D eigenvalue weighted by atomic mass is 32.2. The average Bonchev–Trinajstić information content (AvgIpc) is 3.81. The van der Waals surface area contributed by atoms with Crippen LogP contribution in [0.2, 0.25) is 0 Å². The minimum Gasteiger partial charge on any atom is -0.496 e. The van der Waals surface area contributed by atoms with Gasteiger partial charge in [0.05, 0.1) is 18.9 Å². The summed E-state index contributed by atoms with van der Waals surface area (Å²) in [5.74, 6) is 0.605. The van der Waals surface area contributed by atoms with Crippen molar-refractivity contribution < 1.29 is 22.7 Å². The number of nitrogens with one attached hydrogen (secondary N) is 1. The van der Waals surface area contributed by atoms with Crippen LogP contribution in [0.25, 0.3) is 11.1 Å². The first kappa shape index (κ1) is 28.9. The minimum absolute atomic E-state index is 0.0306. The van der Waals surface area contributed by atoms with Gasteiger partial charge in [-0.2, -0.15) is 23.5 Å². The molecule has 10 heteroatoms. The smallest absolute Gasteiger partial charge is 0.433 e. The summed E-state index contributed by atoms with van der Waals surface area (Å²) < 4.78 is 46.7. The molecule has 1 aromatic heterocycles. The minimum atomic E-state index is -4.69. The molecule has 1 saturated carbocycles. The van der Waals surface area contributed by atoms with Crippen molar-refractivity contribution in [2.24, 2.45) is 11.0 Å². The van der Waals surface area contributed by atoms with Crippen molar-refractivity contribution in [1.29, 1.82) is 5.26 Å². The number of alkyl halides is 3. The summed E-state index contributed by atoms with van der Waals surface area (Å²) in [6.45, 7) is 0. The van der Waals surface area contributed by atoms with Gasteiger partial charge in [-0.3, -0.25) is 4.79 Å². The number of carbonyl (C=O) groups excluding carboxylic acids is 1. The van der Waals surface area contributed by atoms with Gasteiger partial charge in [-0.05, 0) is 53.3 Å². The van der Waals surface area contributed by atoms with Crippen LogP contribution in [-0.2, 0) is 16.7 Å². The van der Waals surface area contributed by atoms with Crippen molar-refractivity contribution in [2.75, 3.05) is 7.11 Å². The van der Waals surface area contributed by atoms with Crippen molar-refractivity contribution in [3.05, 3.63) is 113 Å². The Labute approximate surface area is 245 Å². The van der Waals surface area contributed by atoms with Crippen molar-refractivity contribution in [1.82, 2.24) is 10.4 Å². The third-order valence-electron chi connectivity index (χ3n) is 6.89. The van der Waals surface area contributed by atoms with E-state index in [0.717, 1.165) is 29.8 Å². The highest BCUT2D eigenvalue weighted by Gasteiger charge is 2.43. The molecule has 3 aromatic carbocycles. The molecule has 1 heterocycles. The van der Waals surface area contributed by atoms with Gasteiger partial charge in [-0.15, -0.1) is 11.8 Å². The molecule has 0 aliphatic heterocycles. The quantitative estimate of drug-likeness (QED) is 0.127. The van der Waals surface area contributed by atoms with E-state index < -0.39 is 11.9 Å². The average molecular weight is 587 g/mol. The van der Waals surface area contributed by atoms with E-state index >= 15 is 0 Å². The van der Waals surface area contributed by atoms with Crippen LogP contribution in [0.3, 0.4) is 0 Å². The first-order valence-corrected chi connectivity index (χ1v) is 14.0. The van der Waals surface area contributed by atoms with Crippen molar-refractivity contribution >= 4 is 23.9 Å². The van der Waals surface area contributed by atoms with Crippen LogP contribution >= 0.6 is 11.8 Å². The number of hydrazone groups is 1. The Balaban J connectivity index is 1.33. The summed E-state index contributed by atoms with van der Waals surface area (Å²) >= 11 is 1.01. The maximum absolute atomic E-state index is 13.8. The van der Waals surface area contributed by atoms with Gasteiger partial charge >= 0.3 is 6.18 Å². The summed E-state index contributed by atoms with van der Waals surface area (Å²) in [5.41, 5.74) is 4.69. The van der Waals surface area contributed by atoms with E-state index in [-0.39, 0.29) is 39.6 Å². The summed E-state index contributed by atoms with van der Waals surface area (Å²) in [6.07, 6.45) is -2.41.